The van der Waals surface area contributed by atoms with E-state index in [-0.39, 0.29) is 12.5 Å². The molecule has 62 heavy (non-hydrogen) atoms. The predicted molar refractivity (Wildman–Crippen MR) is 265 cm³/mol. The van der Waals surface area contributed by atoms with Gasteiger partial charge in [-0.3, -0.25) is 9.36 Å². The molecule has 0 aliphatic carbocycles. The zero-order valence-electron chi connectivity index (χ0n) is 41.1. The Morgan fingerprint density at radius 3 is 1.42 bits per heavy atom. The highest BCUT2D eigenvalue weighted by Crippen LogP contribution is 2.38. The highest BCUT2D eigenvalue weighted by atomic mass is 31.2. The molecule has 0 saturated carbocycles. The minimum Gasteiger partial charge on any atom is -0.756 e. The van der Waals surface area contributed by atoms with E-state index in [1.54, 1.807) is 6.08 Å². The Hall–Kier alpha value is -1.80. The zero-order chi connectivity index (χ0) is 45.7. The third-order valence-corrected chi connectivity index (χ3v) is 12.2. The summed E-state index contributed by atoms with van der Waals surface area (Å²) in [6.07, 6.45) is 58.5. The maximum atomic E-state index is 12.9. The molecule has 0 aromatic rings. The molecule has 0 saturated heterocycles. The summed E-state index contributed by atoms with van der Waals surface area (Å²) in [5.74, 6) is -0.213. The highest BCUT2D eigenvalue weighted by molar-refractivity contribution is 7.45. The van der Waals surface area contributed by atoms with Crippen molar-refractivity contribution < 1.29 is 32.9 Å². The van der Waals surface area contributed by atoms with Crippen molar-refractivity contribution in [3.8, 4) is 0 Å². The number of carbonyl (C=O) groups excluding carboxylic acids is 1. The smallest absolute Gasteiger partial charge is 0.268 e. The number of likely N-dealkylation sites (N-methyl/N-ethyl adjacent to an activating group) is 1. The average molecular weight is 891 g/mol. The summed E-state index contributed by atoms with van der Waals surface area (Å²) >= 11 is 0. The summed E-state index contributed by atoms with van der Waals surface area (Å²) in [7, 11) is 1.24. The van der Waals surface area contributed by atoms with Gasteiger partial charge < -0.3 is 28.8 Å². The number of carbonyl (C=O) groups is 1. The van der Waals surface area contributed by atoms with Gasteiger partial charge >= 0.3 is 0 Å². The topological polar surface area (TPSA) is 108 Å². The number of aliphatic hydroxyl groups excluding tert-OH is 1. The molecule has 1 amide bonds. The van der Waals surface area contributed by atoms with Crippen LogP contribution in [0, 0.1) is 0 Å². The summed E-state index contributed by atoms with van der Waals surface area (Å²) in [5, 5.41) is 13.8. The van der Waals surface area contributed by atoms with Crippen LogP contribution in [0.15, 0.2) is 60.8 Å². The first-order valence-electron chi connectivity index (χ1n) is 25.7. The summed E-state index contributed by atoms with van der Waals surface area (Å²) in [6.45, 7) is 4.61. The number of rotatable bonds is 46. The van der Waals surface area contributed by atoms with Crippen molar-refractivity contribution in [2.75, 3.05) is 40.9 Å². The number of allylic oxidation sites excluding steroid dienone is 9. The number of hydrogen-bond donors (Lipinski definition) is 2. The second-order valence-corrected chi connectivity index (χ2v) is 19.9. The molecule has 0 aliphatic rings. The molecule has 0 aliphatic heterocycles. The molecule has 3 atom stereocenters. The number of phosphoric ester groups is 1. The quantitative estimate of drug-likeness (QED) is 0.0273. The number of hydrogen-bond acceptors (Lipinski definition) is 6. The van der Waals surface area contributed by atoms with E-state index >= 15 is 0 Å². The molecule has 0 fully saturated rings. The Bertz CT molecular complexity index is 1190. The van der Waals surface area contributed by atoms with Crippen molar-refractivity contribution in [3.05, 3.63) is 60.8 Å². The third-order valence-electron chi connectivity index (χ3n) is 11.2. The average Bonchev–Trinajstić information content (AvgIpc) is 3.23. The van der Waals surface area contributed by atoms with Gasteiger partial charge in [0, 0.05) is 6.42 Å². The summed E-state index contributed by atoms with van der Waals surface area (Å²) in [6, 6.07) is -0.907. The Morgan fingerprint density at radius 2 is 0.952 bits per heavy atom. The molecule has 3 unspecified atom stereocenters. The van der Waals surface area contributed by atoms with Crippen molar-refractivity contribution in [2.24, 2.45) is 0 Å². The first-order valence-corrected chi connectivity index (χ1v) is 27.1. The molecule has 0 rings (SSSR count). The number of nitrogens with zero attached hydrogens (tertiary/aromatic N) is 1. The van der Waals surface area contributed by atoms with E-state index < -0.39 is 26.6 Å². The Morgan fingerprint density at radius 1 is 0.565 bits per heavy atom. The molecular formula is C53H99N2O6P. The van der Waals surface area contributed by atoms with Gasteiger partial charge in [-0.2, -0.15) is 0 Å². The minimum atomic E-state index is -4.60. The molecule has 0 aromatic carbocycles. The summed E-state index contributed by atoms with van der Waals surface area (Å²) in [4.78, 5) is 25.4. The van der Waals surface area contributed by atoms with E-state index in [0.29, 0.717) is 17.4 Å². The number of aliphatic hydroxyl groups is 1. The van der Waals surface area contributed by atoms with E-state index in [4.69, 9.17) is 9.05 Å². The van der Waals surface area contributed by atoms with E-state index in [9.17, 15) is 19.4 Å². The van der Waals surface area contributed by atoms with E-state index in [1.165, 1.54) is 148 Å². The third kappa shape index (κ3) is 46.2. The van der Waals surface area contributed by atoms with Gasteiger partial charge in [0.2, 0.25) is 5.91 Å². The molecule has 0 heterocycles. The van der Waals surface area contributed by atoms with Gasteiger partial charge in [0.25, 0.3) is 7.82 Å². The molecular weight excluding hydrogens is 792 g/mol. The van der Waals surface area contributed by atoms with Crippen LogP contribution in [0.4, 0.5) is 0 Å². The second-order valence-electron chi connectivity index (χ2n) is 18.5. The van der Waals surface area contributed by atoms with Crippen molar-refractivity contribution in [1.29, 1.82) is 0 Å². The van der Waals surface area contributed by atoms with Crippen molar-refractivity contribution >= 4 is 13.7 Å². The van der Waals surface area contributed by atoms with Gasteiger partial charge in [-0.1, -0.05) is 203 Å². The Kier molecular flexibility index (Phi) is 43.1. The monoisotopic (exact) mass is 891 g/mol. The molecule has 2 N–H and O–H groups in total. The van der Waals surface area contributed by atoms with Crippen molar-refractivity contribution in [3.63, 3.8) is 0 Å². The van der Waals surface area contributed by atoms with Crippen LogP contribution in [0.2, 0.25) is 0 Å². The van der Waals surface area contributed by atoms with Crippen LogP contribution in [-0.4, -0.2) is 68.5 Å². The predicted octanol–water partition coefficient (Wildman–Crippen LogP) is 14.3. The van der Waals surface area contributed by atoms with Crippen molar-refractivity contribution in [2.45, 2.75) is 231 Å². The van der Waals surface area contributed by atoms with Crippen molar-refractivity contribution in [1.82, 2.24) is 5.32 Å². The maximum absolute atomic E-state index is 12.9. The largest absolute Gasteiger partial charge is 0.756 e. The highest BCUT2D eigenvalue weighted by Gasteiger charge is 2.23. The molecule has 0 radical (unpaired) electrons. The first-order chi connectivity index (χ1) is 30.0. The van der Waals surface area contributed by atoms with Crippen LogP contribution in [0.3, 0.4) is 0 Å². The lowest BCUT2D eigenvalue weighted by molar-refractivity contribution is -0.870. The number of amides is 1. The molecule has 0 aromatic heterocycles. The number of quaternary nitrogens is 1. The molecule has 8 nitrogen and oxygen atoms in total. The van der Waals surface area contributed by atoms with Gasteiger partial charge in [0.15, 0.2) is 0 Å². The minimum absolute atomic E-state index is 0.00914. The van der Waals surface area contributed by atoms with E-state index in [0.717, 1.165) is 51.4 Å². The second kappa shape index (κ2) is 44.4. The number of nitrogens with one attached hydrogen (secondary N) is 1. The standard InChI is InChI=1S/C53H99N2O6P/c1-6-8-10-12-14-16-18-20-22-23-24-25-26-27-28-29-30-31-33-35-37-39-41-43-45-47-53(57)54-51(50-61-62(58,59)60-49-48-55(3,4)5)52(56)46-44-42-40-38-36-34-32-21-19-17-15-13-11-9-7-2/h18,20,23-24,26-27,36,38,44,46,51-52,56H,6-17,19,21-22,25,28-35,37,39-43,45,47-50H2,1-5H3,(H-,54,57,58,59)/b20-18-,24-23-,27-26-,38-36+,46-44+. The summed E-state index contributed by atoms with van der Waals surface area (Å²) < 4.78 is 23.2. The SMILES string of the molecule is CCCCCCC/C=C\C/C=C\C/C=C\CCCCCCCCCCCCC(=O)NC(COP(=O)([O-])OCC[N+](C)(C)C)C(O)/C=C/CC/C=C/CCCCCCCCCCC. The van der Waals surface area contributed by atoms with Crippen LogP contribution < -0.4 is 10.2 Å². The molecule has 0 bridgehead atoms. The molecule has 9 heteroatoms. The lowest BCUT2D eigenvalue weighted by Gasteiger charge is -2.29. The van der Waals surface area contributed by atoms with E-state index in [1.807, 2.05) is 27.2 Å². The summed E-state index contributed by atoms with van der Waals surface area (Å²) in [5.41, 5.74) is 0. The molecule has 362 valence electrons. The van der Waals surface area contributed by atoms with Gasteiger partial charge in [-0.05, 0) is 70.6 Å². The van der Waals surface area contributed by atoms with Crippen LogP contribution >= 0.6 is 7.82 Å². The lowest BCUT2D eigenvalue weighted by Crippen LogP contribution is -2.45. The molecule has 0 spiro atoms. The first kappa shape index (κ1) is 60.2. The zero-order valence-corrected chi connectivity index (χ0v) is 42.0. The fourth-order valence-electron chi connectivity index (χ4n) is 7.12. The van der Waals surface area contributed by atoms with Crippen LogP contribution in [0.25, 0.3) is 0 Å². The number of unbranched alkanes of at least 4 members (excludes halogenated alkanes) is 25. The number of phosphoric acid groups is 1. The van der Waals surface area contributed by atoms with Gasteiger partial charge in [0.1, 0.15) is 13.2 Å². The lowest BCUT2D eigenvalue weighted by atomic mass is 10.0. The van der Waals surface area contributed by atoms with Gasteiger partial charge in [-0.15, -0.1) is 0 Å². The Balaban J connectivity index is 4.31. The van der Waals surface area contributed by atoms with Gasteiger partial charge in [0.05, 0.1) is 39.9 Å². The van der Waals surface area contributed by atoms with Crippen LogP contribution in [0.1, 0.15) is 219 Å². The van der Waals surface area contributed by atoms with Gasteiger partial charge in [-0.25, -0.2) is 0 Å². The maximum Gasteiger partial charge on any atom is 0.268 e. The normalized spacial score (nSPS) is 14.6. The fraction of sp³-hybridized carbons (Fsp3) is 0.792. The van der Waals surface area contributed by atoms with Crippen LogP contribution in [0.5, 0.6) is 0 Å². The fourth-order valence-corrected chi connectivity index (χ4v) is 7.84. The van der Waals surface area contributed by atoms with Crippen LogP contribution in [-0.2, 0) is 18.4 Å². The Labute approximate surface area is 383 Å². The van der Waals surface area contributed by atoms with E-state index in [2.05, 4.69) is 67.8 Å².